The third-order valence-electron chi connectivity index (χ3n) is 5.39. The molecule has 4 rings (SSSR count). The van der Waals surface area contributed by atoms with E-state index in [0.717, 1.165) is 25.8 Å². The molecular weight excluding hydrogens is 369 g/mol. The predicted octanol–water partition coefficient (Wildman–Crippen LogP) is 4.29. The molecule has 2 aromatic carbocycles. The molecule has 29 heavy (non-hydrogen) atoms. The molecule has 1 aliphatic rings. The maximum absolute atomic E-state index is 13.9. The molecule has 1 atom stereocenters. The van der Waals surface area contributed by atoms with Crippen LogP contribution in [0.1, 0.15) is 30.7 Å². The minimum absolute atomic E-state index is 0.191. The summed E-state index contributed by atoms with van der Waals surface area (Å²) in [5.41, 5.74) is 1.52. The second kappa shape index (κ2) is 8.99. The summed E-state index contributed by atoms with van der Waals surface area (Å²) < 4.78 is 19.3. The zero-order valence-electron chi connectivity index (χ0n) is 16.3. The summed E-state index contributed by atoms with van der Waals surface area (Å²) in [4.78, 5) is 18.9. The van der Waals surface area contributed by atoms with E-state index in [-0.39, 0.29) is 23.5 Å². The van der Waals surface area contributed by atoms with Crippen LogP contribution >= 0.6 is 0 Å². The van der Waals surface area contributed by atoms with E-state index in [1.165, 1.54) is 11.6 Å². The lowest BCUT2D eigenvalue weighted by atomic mass is 9.94. The molecule has 1 amide bonds. The van der Waals surface area contributed by atoms with E-state index in [2.05, 4.69) is 22.3 Å². The topological polar surface area (TPSA) is 59.2 Å². The van der Waals surface area contributed by atoms with Crippen LogP contribution in [0.2, 0.25) is 0 Å². The van der Waals surface area contributed by atoms with E-state index < -0.39 is 0 Å². The number of nitrogens with zero attached hydrogens (tertiary/aromatic N) is 3. The third-order valence-corrected chi connectivity index (χ3v) is 5.39. The van der Waals surface area contributed by atoms with Gasteiger partial charge in [0.05, 0.1) is 5.56 Å². The lowest BCUT2D eigenvalue weighted by Crippen LogP contribution is -2.40. The second-order valence-electron chi connectivity index (χ2n) is 7.53. The minimum Gasteiger partial charge on any atom is -0.342 e. The average Bonchev–Trinajstić information content (AvgIpc) is 3.21. The van der Waals surface area contributed by atoms with Gasteiger partial charge in [0.1, 0.15) is 5.82 Å². The highest BCUT2D eigenvalue weighted by Crippen LogP contribution is 2.24. The molecule has 0 aliphatic carbocycles. The highest BCUT2D eigenvalue weighted by Gasteiger charge is 2.25. The molecule has 0 bridgehead atoms. The van der Waals surface area contributed by atoms with Crippen LogP contribution in [-0.2, 0) is 17.6 Å². The van der Waals surface area contributed by atoms with Crippen LogP contribution in [0.3, 0.4) is 0 Å². The molecule has 0 saturated carbocycles. The summed E-state index contributed by atoms with van der Waals surface area (Å²) in [7, 11) is 0. The Balaban J connectivity index is 1.33. The first-order valence-corrected chi connectivity index (χ1v) is 10.1. The zero-order chi connectivity index (χ0) is 20.1. The molecule has 3 aromatic rings. The lowest BCUT2D eigenvalue weighted by molar-refractivity contribution is -0.133. The summed E-state index contributed by atoms with van der Waals surface area (Å²) in [6, 6.07) is 16.5. The quantitative estimate of drug-likeness (QED) is 0.627. The standard InChI is InChI=1S/C23H24FN3O2/c24-20-11-5-4-10-19(20)23-25-21(29-26-23)15-18-9-6-14-27(16-18)22(28)13-12-17-7-2-1-3-8-17/h1-5,7-8,10-11,18H,6,9,12-16H2. The average molecular weight is 393 g/mol. The highest BCUT2D eigenvalue weighted by molar-refractivity contribution is 5.76. The van der Waals surface area contributed by atoms with Gasteiger partial charge in [-0.1, -0.05) is 47.6 Å². The van der Waals surface area contributed by atoms with Crippen LogP contribution in [0.5, 0.6) is 0 Å². The zero-order valence-corrected chi connectivity index (χ0v) is 16.3. The van der Waals surface area contributed by atoms with Crippen molar-refractivity contribution in [2.45, 2.75) is 32.1 Å². The lowest BCUT2D eigenvalue weighted by Gasteiger charge is -2.32. The molecule has 2 heterocycles. The number of amides is 1. The number of carbonyl (C=O) groups is 1. The van der Waals surface area contributed by atoms with Crippen molar-refractivity contribution in [3.05, 3.63) is 71.9 Å². The van der Waals surface area contributed by atoms with E-state index in [9.17, 15) is 9.18 Å². The van der Waals surface area contributed by atoms with Gasteiger partial charge in [0.25, 0.3) is 0 Å². The van der Waals surface area contributed by atoms with Crippen LogP contribution < -0.4 is 0 Å². The van der Waals surface area contributed by atoms with Crippen LogP contribution in [0.15, 0.2) is 59.1 Å². The molecule has 150 valence electrons. The molecule has 1 unspecified atom stereocenters. The SMILES string of the molecule is O=C(CCc1ccccc1)N1CCCC(Cc2nc(-c3ccccc3F)no2)C1. The number of halogens is 1. The monoisotopic (exact) mass is 393 g/mol. The van der Waals surface area contributed by atoms with Crippen LogP contribution in [0.25, 0.3) is 11.4 Å². The van der Waals surface area contributed by atoms with Gasteiger partial charge in [-0.25, -0.2) is 4.39 Å². The van der Waals surface area contributed by atoms with Gasteiger partial charge in [0.2, 0.25) is 17.6 Å². The molecule has 0 radical (unpaired) electrons. The Bertz CT molecular complexity index is 958. The van der Waals surface area contributed by atoms with Crippen LogP contribution in [0.4, 0.5) is 4.39 Å². The Kier molecular flexibility index (Phi) is 5.98. The number of hydrogen-bond acceptors (Lipinski definition) is 4. The van der Waals surface area contributed by atoms with Crippen molar-refractivity contribution < 1.29 is 13.7 Å². The highest BCUT2D eigenvalue weighted by atomic mass is 19.1. The van der Waals surface area contributed by atoms with Crippen molar-refractivity contribution in [2.24, 2.45) is 5.92 Å². The predicted molar refractivity (Wildman–Crippen MR) is 107 cm³/mol. The van der Waals surface area contributed by atoms with Crippen LogP contribution in [0, 0.1) is 11.7 Å². The molecular formula is C23H24FN3O2. The van der Waals surface area contributed by atoms with Gasteiger partial charge < -0.3 is 9.42 Å². The normalized spacial score (nSPS) is 16.7. The summed E-state index contributed by atoms with van der Waals surface area (Å²) in [6.07, 6.45) is 3.87. The fourth-order valence-corrected chi connectivity index (χ4v) is 3.85. The van der Waals surface area contributed by atoms with Gasteiger partial charge in [-0.3, -0.25) is 4.79 Å². The molecule has 0 spiro atoms. The molecule has 1 aliphatic heterocycles. The third kappa shape index (κ3) is 4.88. The largest absolute Gasteiger partial charge is 0.342 e. The number of likely N-dealkylation sites (tertiary alicyclic amines) is 1. The van der Waals surface area contributed by atoms with Crippen molar-refractivity contribution in [3.63, 3.8) is 0 Å². The number of carbonyl (C=O) groups excluding carboxylic acids is 1. The fraction of sp³-hybridized carbons (Fsp3) is 0.348. The van der Waals surface area contributed by atoms with Crippen molar-refractivity contribution in [1.82, 2.24) is 15.0 Å². The van der Waals surface area contributed by atoms with Gasteiger partial charge in [0.15, 0.2) is 0 Å². The second-order valence-corrected chi connectivity index (χ2v) is 7.53. The maximum atomic E-state index is 13.9. The summed E-state index contributed by atoms with van der Waals surface area (Å²) >= 11 is 0. The van der Waals surface area contributed by atoms with Crippen molar-refractivity contribution in [1.29, 1.82) is 0 Å². The smallest absolute Gasteiger partial charge is 0.227 e. The molecule has 1 aromatic heterocycles. The Labute approximate surface area is 169 Å². The molecule has 0 N–H and O–H groups in total. The first-order chi connectivity index (χ1) is 14.2. The van der Waals surface area contributed by atoms with Gasteiger partial charge in [0, 0.05) is 25.9 Å². The van der Waals surface area contributed by atoms with Crippen molar-refractivity contribution in [2.75, 3.05) is 13.1 Å². The number of benzene rings is 2. The summed E-state index contributed by atoms with van der Waals surface area (Å²) in [6.45, 7) is 1.50. The molecule has 1 fully saturated rings. The Morgan fingerprint density at radius 2 is 1.93 bits per heavy atom. The maximum Gasteiger partial charge on any atom is 0.227 e. The number of aromatic nitrogens is 2. The number of aryl methyl sites for hydroxylation is 1. The minimum atomic E-state index is -0.368. The van der Waals surface area contributed by atoms with E-state index in [4.69, 9.17) is 4.52 Å². The first-order valence-electron chi connectivity index (χ1n) is 10.1. The molecule has 1 saturated heterocycles. The van der Waals surface area contributed by atoms with Gasteiger partial charge >= 0.3 is 0 Å². The van der Waals surface area contributed by atoms with E-state index in [1.807, 2.05) is 23.1 Å². The Hall–Kier alpha value is -3.02. The number of hydrogen-bond donors (Lipinski definition) is 0. The van der Waals surface area contributed by atoms with Crippen molar-refractivity contribution >= 4 is 5.91 Å². The van der Waals surface area contributed by atoms with Gasteiger partial charge in [-0.05, 0) is 42.9 Å². The Morgan fingerprint density at radius 1 is 1.14 bits per heavy atom. The Morgan fingerprint density at radius 3 is 2.76 bits per heavy atom. The van der Waals surface area contributed by atoms with Gasteiger partial charge in [-0.2, -0.15) is 4.98 Å². The molecule has 5 nitrogen and oxygen atoms in total. The summed E-state index contributed by atoms with van der Waals surface area (Å²) in [5, 5.41) is 3.92. The van der Waals surface area contributed by atoms with Gasteiger partial charge in [-0.15, -0.1) is 0 Å². The van der Waals surface area contributed by atoms with Crippen molar-refractivity contribution in [3.8, 4) is 11.4 Å². The molecule has 6 heteroatoms. The first kappa shape index (κ1) is 19.3. The van der Waals surface area contributed by atoms with E-state index in [1.54, 1.807) is 18.2 Å². The van der Waals surface area contributed by atoms with Crippen LogP contribution in [-0.4, -0.2) is 34.0 Å². The van der Waals surface area contributed by atoms with E-state index >= 15 is 0 Å². The van der Waals surface area contributed by atoms with E-state index in [0.29, 0.717) is 30.8 Å². The summed E-state index contributed by atoms with van der Waals surface area (Å²) in [5.74, 6) is 0.860. The number of rotatable bonds is 6. The number of piperidine rings is 1. The fourth-order valence-electron chi connectivity index (χ4n) is 3.85.